The molecule has 0 saturated carbocycles. The minimum atomic E-state index is -0.0453. The lowest BCUT2D eigenvalue weighted by molar-refractivity contribution is 0.0940. The quantitative estimate of drug-likeness (QED) is 0.565. The second-order valence-corrected chi connectivity index (χ2v) is 8.42. The van der Waals surface area contributed by atoms with E-state index in [-0.39, 0.29) is 11.9 Å². The van der Waals surface area contributed by atoms with Crippen molar-refractivity contribution in [1.82, 2.24) is 5.32 Å². The summed E-state index contributed by atoms with van der Waals surface area (Å²) in [5.41, 5.74) is 5.35. The predicted molar refractivity (Wildman–Crippen MR) is 125 cm³/mol. The van der Waals surface area contributed by atoms with Crippen LogP contribution in [-0.4, -0.2) is 19.0 Å². The molecule has 3 nitrogen and oxygen atoms in total. The lowest BCUT2D eigenvalue weighted by atomic mass is 9.99. The molecule has 2 unspecified atom stereocenters. The number of nitrogens with one attached hydrogen (secondary N) is 1. The number of piperidine rings is 1. The van der Waals surface area contributed by atoms with Gasteiger partial charge in [0.2, 0.25) is 0 Å². The van der Waals surface area contributed by atoms with Crippen LogP contribution < -0.4 is 10.2 Å². The minimum Gasteiger partial charge on any atom is -0.371 e. The molecule has 0 radical (unpaired) electrons. The Morgan fingerprint density at radius 2 is 1.60 bits per heavy atom. The Hall–Kier alpha value is -3.07. The maximum absolute atomic E-state index is 12.7. The number of carbonyl (C=O) groups excluding carboxylic acids is 1. The highest BCUT2D eigenvalue weighted by molar-refractivity contribution is 5.95. The minimum absolute atomic E-state index is 0.0411. The highest BCUT2D eigenvalue weighted by Crippen LogP contribution is 2.25. The molecular weight excluding hydrogens is 368 g/mol. The van der Waals surface area contributed by atoms with Crippen molar-refractivity contribution < 1.29 is 4.79 Å². The molecule has 1 saturated heterocycles. The van der Waals surface area contributed by atoms with Gasteiger partial charge in [0.05, 0.1) is 6.04 Å². The number of hydrogen-bond acceptors (Lipinski definition) is 2. The van der Waals surface area contributed by atoms with Crippen molar-refractivity contribution in [3.63, 3.8) is 0 Å². The lowest BCUT2D eigenvalue weighted by Gasteiger charge is -2.33. The summed E-state index contributed by atoms with van der Waals surface area (Å²) in [6.07, 6.45) is 2.59. The number of hydrogen-bond donors (Lipinski definition) is 1. The summed E-state index contributed by atoms with van der Waals surface area (Å²) in [7, 11) is 0. The van der Waals surface area contributed by atoms with E-state index in [1.807, 2.05) is 49.4 Å². The van der Waals surface area contributed by atoms with Crippen molar-refractivity contribution >= 4 is 11.6 Å². The Kier molecular flexibility index (Phi) is 6.18. The number of nitrogens with zero attached hydrogens (tertiary/aromatic N) is 1. The lowest BCUT2D eigenvalue weighted by Crippen LogP contribution is -2.34. The number of amides is 1. The number of benzene rings is 3. The van der Waals surface area contributed by atoms with Crippen LogP contribution in [0.4, 0.5) is 5.69 Å². The molecule has 1 fully saturated rings. The fourth-order valence-electron chi connectivity index (χ4n) is 4.21. The molecule has 154 valence electrons. The molecule has 1 N–H and O–H groups in total. The maximum Gasteiger partial charge on any atom is 0.251 e. The van der Waals surface area contributed by atoms with Gasteiger partial charge < -0.3 is 10.2 Å². The molecule has 3 heteroatoms. The third kappa shape index (κ3) is 4.73. The van der Waals surface area contributed by atoms with E-state index in [1.54, 1.807) is 0 Å². The first-order valence-corrected chi connectivity index (χ1v) is 10.9. The van der Waals surface area contributed by atoms with Gasteiger partial charge >= 0.3 is 0 Å². The van der Waals surface area contributed by atoms with Gasteiger partial charge in [-0.2, -0.15) is 0 Å². The summed E-state index contributed by atoms with van der Waals surface area (Å²) in [6, 6.07) is 26.6. The number of rotatable bonds is 5. The van der Waals surface area contributed by atoms with E-state index in [9.17, 15) is 4.79 Å². The van der Waals surface area contributed by atoms with E-state index in [2.05, 4.69) is 53.5 Å². The zero-order valence-electron chi connectivity index (χ0n) is 17.8. The molecule has 3 aromatic carbocycles. The molecular formula is C27H30N2O. The summed E-state index contributed by atoms with van der Waals surface area (Å²) in [6.45, 7) is 6.62. The van der Waals surface area contributed by atoms with Gasteiger partial charge in [-0.05, 0) is 66.6 Å². The van der Waals surface area contributed by atoms with E-state index in [0.29, 0.717) is 5.56 Å². The zero-order chi connectivity index (χ0) is 20.9. The monoisotopic (exact) mass is 398 g/mol. The van der Waals surface area contributed by atoms with Crippen LogP contribution >= 0.6 is 0 Å². The molecule has 0 aromatic heterocycles. The number of carbonyl (C=O) groups is 1. The van der Waals surface area contributed by atoms with Gasteiger partial charge in [-0.15, -0.1) is 0 Å². The Balaban J connectivity index is 1.38. The van der Waals surface area contributed by atoms with Crippen molar-refractivity contribution in [1.29, 1.82) is 0 Å². The highest BCUT2D eigenvalue weighted by Gasteiger charge is 2.17. The second-order valence-electron chi connectivity index (χ2n) is 8.42. The van der Waals surface area contributed by atoms with E-state index >= 15 is 0 Å². The van der Waals surface area contributed by atoms with Crippen molar-refractivity contribution in [2.75, 3.05) is 18.0 Å². The largest absolute Gasteiger partial charge is 0.371 e. The first kappa shape index (κ1) is 20.2. The molecule has 1 amide bonds. The molecule has 0 aliphatic carbocycles. The molecule has 3 aromatic rings. The van der Waals surface area contributed by atoms with Crippen molar-refractivity contribution in [3.8, 4) is 11.1 Å². The van der Waals surface area contributed by atoms with Crippen LogP contribution in [0.1, 0.15) is 48.7 Å². The molecule has 1 aliphatic rings. The normalized spacial score (nSPS) is 17.4. The van der Waals surface area contributed by atoms with Crippen LogP contribution in [0.15, 0.2) is 78.9 Å². The zero-order valence-corrected chi connectivity index (χ0v) is 17.8. The van der Waals surface area contributed by atoms with Gasteiger partial charge in [0.1, 0.15) is 0 Å². The van der Waals surface area contributed by atoms with Crippen LogP contribution in [-0.2, 0) is 0 Å². The molecule has 0 bridgehead atoms. The van der Waals surface area contributed by atoms with E-state index in [4.69, 9.17) is 0 Å². The molecule has 30 heavy (non-hydrogen) atoms. The molecule has 1 aliphatic heterocycles. The first-order valence-electron chi connectivity index (χ1n) is 10.9. The molecule has 1 heterocycles. The molecule has 0 spiro atoms. The van der Waals surface area contributed by atoms with Crippen LogP contribution in [0.3, 0.4) is 0 Å². The summed E-state index contributed by atoms with van der Waals surface area (Å²) < 4.78 is 0. The van der Waals surface area contributed by atoms with Gasteiger partial charge in [-0.1, -0.05) is 61.5 Å². The summed E-state index contributed by atoms with van der Waals surface area (Å²) in [4.78, 5) is 15.2. The van der Waals surface area contributed by atoms with Crippen LogP contribution in [0, 0.1) is 5.92 Å². The van der Waals surface area contributed by atoms with Crippen molar-refractivity contribution in [2.45, 2.75) is 32.7 Å². The summed E-state index contributed by atoms with van der Waals surface area (Å²) in [5.74, 6) is 0.709. The summed E-state index contributed by atoms with van der Waals surface area (Å²) in [5, 5.41) is 3.13. The first-order chi connectivity index (χ1) is 14.6. The van der Waals surface area contributed by atoms with Gasteiger partial charge in [-0.25, -0.2) is 0 Å². The fraction of sp³-hybridized carbons (Fsp3) is 0.296. The second kappa shape index (κ2) is 9.17. The smallest absolute Gasteiger partial charge is 0.251 e. The SMILES string of the molecule is CC1CCCN(c2ccc(C(C)NC(=O)c3ccc(-c4ccccc4)cc3)cc2)C1. The van der Waals surface area contributed by atoms with E-state index < -0.39 is 0 Å². The van der Waals surface area contributed by atoms with E-state index in [0.717, 1.165) is 35.7 Å². The predicted octanol–water partition coefficient (Wildman–Crippen LogP) is 6.08. The standard InChI is InChI=1S/C27H30N2O/c1-20-7-6-18-29(19-20)26-16-14-22(15-17-26)21(2)28-27(30)25-12-10-24(11-13-25)23-8-4-3-5-9-23/h3-5,8-17,20-21H,6-7,18-19H2,1-2H3,(H,28,30). The van der Waals surface area contributed by atoms with Gasteiger partial charge in [0.25, 0.3) is 5.91 Å². The Labute approximate surface area is 179 Å². The maximum atomic E-state index is 12.7. The van der Waals surface area contributed by atoms with Gasteiger partial charge in [0.15, 0.2) is 0 Å². The Bertz CT molecular complexity index is 964. The topological polar surface area (TPSA) is 32.3 Å². The third-order valence-corrected chi connectivity index (χ3v) is 6.02. The van der Waals surface area contributed by atoms with Crippen molar-refractivity contribution in [2.24, 2.45) is 5.92 Å². The van der Waals surface area contributed by atoms with Gasteiger partial charge in [-0.3, -0.25) is 4.79 Å². The highest BCUT2D eigenvalue weighted by atomic mass is 16.1. The van der Waals surface area contributed by atoms with Crippen LogP contribution in [0.2, 0.25) is 0 Å². The summed E-state index contributed by atoms with van der Waals surface area (Å²) >= 11 is 0. The van der Waals surface area contributed by atoms with Gasteiger partial charge in [0, 0.05) is 24.3 Å². The van der Waals surface area contributed by atoms with E-state index in [1.165, 1.54) is 18.5 Å². The fourth-order valence-corrected chi connectivity index (χ4v) is 4.21. The van der Waals surface area contributed by atoms with Crippen molar-refractivity contribution in [3.05, 3.63) is 90.0 Å². The Morgan fingerprint density at radius 1 is 0.933 bits per heavy atom. The molecule has 4 rings (SSSR count). The third-order valence-electron chi connectivity index (χ3n) is 6.02. The number of anilines is 1. The molecule has 2 atom stereocenters. The van der Waals surface area contributed by atoms with Crippen LogP contribution in [0.25, 0.3) is 11.1 Å². The average molecular weight is 399 g/mol. The van der Waals surface area contributed by atoms with Crippen LogP contribution in [0.5, 0.6) is 0 Å². The Morgan fingerprint density at radius 3 is 2.27 bits per heavy atom. The average Bonchev–Trinajstić information content (AvgIpc) is 2.80.